The van der Waals surface area contributed by atoms with Gasteiger partial charge in [0.25, 0.3) is 0 Å². The average Bonchev–Trinajstić information content (AvgIpc) is 2.74. The van der Waals surface area contributed by atoms with Gasteiger partial charge in [-0.2, -0.15) is 0 Å². The summed E-state index contributed by atoms with van der Waals surface area (Å²) in [6, 6.07) is 14.0. The van der Waals surface area contributed by atoms with Crippen LogP contribution in [0.4, 0.5) is 11.5 Å². The second kappa shape index (κ2) is 10.8. The Morgan fingerprint density at radius 1 is 1.07 bits per heavy atom. The summed E-state index contributed by atoms with van der Waals surface area (Å²) in [4.78, 5) is 13.4. The van der Waals surface area contributed by atoms with E-state index in [9.17, 15) is 0 Å². The maximum absolute atomic E-state index is 6.12. The van der Waals surface area contributed by atoms with E-state index in [4.69, 9.17) is 11.6 Å². The van der Waals surface area contributed by atoms with Crippen LogP contribution < -0.4 is 15.5 Å². The van der Waals surface area contributed by atoms with E-state index in [1.807, 2.05) is 43.4 Å². The zero-order valence-electron chi connectivity index (χ0n) is 16.4. The Labute approximate surface area is 172 Å². The van der Waals surface area contributed by atoms with Crippen molar-refractivity contribution < 1.29 is 0 Å². The third-order valence-corrected chi connectivity index (χ3v) is 5.06. The van der Waals surface area contributed by atoms with Crippen molar-refractivity contribution in [3.8, 4) is 0 Å². The molecule has 0 radical (unpaired) electrons. The SMILES string of the molecule is CN=C(NCCCCNc1ccccn1)N1CCN(c2cccc(Cl)c2)CC1. The molecule has 0 amide bonds. The summed E-state index contributed by atoms with van der Waals surface area (Å²) < 4.78 is 0. The summed E-state index contributed by atoms with van der Waals surface area (Å²) in [5.41, 5.74) is 1.19. The van der Waals surface area contributed by atoms with Crippen LogP contribution in [0, 0.1) is 0 Å². The monoisotopic (exact) mass is 400 g/mol. The minimum Gasteiger partial charge on any atom is -0.370 e. The van der Waals surface area contributed by atoms with Crippen LogP contribution in [0.1, 0.15) is 12.8 Å². The van der Waals surface area contributed by atoms with E-state index in [0.717, 1.165) is 68.9 Å². The molecule has 150 valence electrons. The first-order chi connectivity index (χ1) is 13.8. The zero-order chi connectivity index (χ0) is 19.6. The molecular formula is C21H29ClN6. The number of hydrogen-bond donors (Lipinski definition) is 2. The molecule has 7 heteroatoms. The molecule has 0 saturated carbocycles. The molecule has 2 heterocycles. The molecule has 6 nitrogen and oxygen atoms in total. The fourth-order valence-corrected chi connectivity index (χ4v) is 3.50. The summed E-state index contributed by atoms with van der Waals surface area (Å²) in [7, 11) is 1.86. The Balaban J connectivity index is 1.34. The second-order valence-electron chi connectivity index (χ2n) is 6.78. The predicted octanol–water partition coefficient (Wildman–Crippen LogP) is 3.32. The Kier molecular flexibility index (Phi) is 7.79. The normalized spacial score (nSPS) is 14.9. The van der Waals surface area contributed by atoms with E-state index >= 15 is 0 Å². The minimum atomic E-state index is 0.787. The van der Waals surface area contributed by atoms with Gasteiger partial charge in [-0.05, 0) is 43.2 Å². The highest BCUT2D eigenvalue weighted by atomic mass is 35.5. The predicted molar refractivity (Wildman–Crippen MR) is 119 cm³/mol. The maximum atomic E-state index is 6.12. The number of anilines is 2. The van der Waals surface area contributed by atoms with Gasteiger partial charge in [0.1, 0.15) is 5.82 Å². The summed E-state index contributed by atoms with van der Waals surface area (Å²) in [5, 5.41) is 7.62. The highest BCUT2D eigenvalue weighted by Gasteiger charge is 2.19. The van der Waals surface area contributed by atoms with E-state index in [-0.39, 0.29) is 0 Å². The number of hydrogen-bond acceptors (Lipinski definition) is 4. The number of nitrogens with zero attached hydrogens (tertiary/aromatic N) is 4. The van der Waals surface area contributed by atoms with Crippen molar-refractivity contribution in [1.82, 2.24) is 15.2 Å². The molecule has 28 heavy (non-hydrogen) atoms. The number of rotatable bonds is 7. The molecule has 1 fully saturated rings. The van der Waals surface area contributed by atoms with E-state index in [1.165, 1.54) is 5.69 Å². The van der Waals surface area contributed by atoms with E-state index in [2.05, 4.69) is 36.5 Å². The van der Waals surface area contributed by atoms with Crippen LogP contribution in [0.25, 0.3) is 0 Å². The molecule has 2 N–H and O–H groups in total. The van der Waals surface area contributed by atoms with Gasteiger partial charge < -0.3 is 20.4 Å². The molecular weight excluding hydrogens is 372 g/mol. The third-order valence-electron chi connectivity index (χ3n) is 4.82. The molecule has 1 aromatic heterocycles. The first-order valence-corrected chi connectivity index (χ1v) is 10.2. The highest BCUT2D eigenvalue weighted by Crippen LogP contribution is 2.20. The molecule has 1 saturated heterocycles. The van der Waals surface area contributed by atoms with Crippen molar-refractivity contribution in [2.75, 3.05) is 56.5 Å². The van der Waals surface area contributed by atoms with Crippen molar-refractivity contribution >= 4 is 29.1 Å². The number of nitrogens with one attached hydrogen (secondary N) is 2. The van der Waals surface area contributed by atoms with Crippen molar-refractivity contribution in [1.29, 1.82) is 0 Å². The quantitative estimate of drug-likeness (QED) is 0.424. The smallest absolute Gasteiger partial charge is 0.193 e. The highest BCUT2D eigenvalue weighted by molar-refractivity contribution is 6.30. The van der Waals surface area contributed by atoms with Crippen molar-refractivity contribution in [2.24, 2.45) is 4.99 Å². The van der Waals surface area contributed by atoms with Crippen LogP contribution >= 0.6 is 11.6 Å². The molecule has 0 bridgehead atoms. The fourth-order valence-electron chi connectivity index (χ4n) is 3.32. The largest absolute Gasteiger partial charge is 0.370 e. The lowest BCUT2D eigenvalue weighted by Gasteiger charge is -2.37. The Morgan fingerprint density at radius 2 is 1.89 bits per heavy atom. The zero-order valence-corrected chi connectivity index (χ0v) is 17.2. The van der Waals surface area contributed by atoms with Gasteiger partial charge in [-0.1, -0.05) is 23.7 Å². The van der Waals surface area contributed by atoms with Gasteiger partial charge >= 0.3 is 0 Å². The van der Waals surface area contributed by atoms with Gasteiger partial charge in [0.2, 0.25) is 0 Å². The van der Waals surface area contributed by atoms with Crippen LogP contribution in [-0.2, 0) is 0 Å². The number of halogens is 1. The summed E-state index contributed by atoms with van der Waals surface area (Å²) in [6.45, 7) is 5.69. The number of benzene rings is 1. The molecule has 1 aliphatic heterocycles. The third kappa shape index (κ3) is 6.02. The lowest BCUT2D eigenvalue weighted by molar-refractivity contribution is 0.372. The fraction of sp³-hybridized carbons (Fsp3) is 0.429. The van der Waals surface area contributed by atoms with Gasteiger partial charge in [-0.15, -0.1) is 0 Å². The number of aliphatic imine (C=N–C) groups is 1. The van der Waals surface area contributed by atoms with Crippen molar-refractivity contribution in [3.05, 3.63) is 53.7 Å². The Bertz CT molecular complexity index is 744. The number of pyridine rings is 1. The number of piperazine rings is 1. The topological polar surface area (TPSA) is 55.8 Å². The van der Waals surface area contributed by atoms with Gasteiger partial charge in [0.05, 0.1) is 0 Å². The number of guanidine groups is 1. The van der Waals surface area contributed by atoms with Gasteiger partial charge in [0.15, 0.2) is 5.96 Å². The lowest BCUT2D eigenvalue weighted by Crippen LogP contribution is -2.52. The summed E-state index contributed by atoms with van der Waals surface area (Å²) >= 11 is 6.12. The van der Waals surface area contributed by atoms with Crippen LogP contribution in [0.2, 0.25) is 5.02 Å². The van der Waals surface area contributed by atoms with E-state index in [1.54, 1.807) is 6.20 Å². The molecule has 0 atom stereocenters. The lowest BCUT2D eigenvalue weighted by atomic mass is 10.2. The molecule has 1 aliphatic rings. The van der Waals surface area contributed by atoms with Gasteiger partial charge in [0, 0.05) is 63.2 Å². The molecule has 2 aromatic rings. The summed E-state index contributed by atoms with van der Waals surface area (Å²) in [6.07, 6.45) is 3.98. The average molecular weight is 401 g/mol. The minimum absolute atomic E-state index is 0.787. The molecule has 3 rings (SSSR count). The van der Waals surface area contributed by atoms with Crippen LogP contribution in [-0.4, -0.2) is 62.2 Å². The van der Waals surface area contributed by atoms with Gasteiger partial charge in [-0.3, -0.25) is 4.99 Å². The van der Waals surface area contributed by atoms with Crippen LogP contribution in [0.3, 0.4) is 0 Å². The van der Waals surface area contributed by atoms with Crippen LogP contribution in [0.5, 0.6) is 0 Å². The van der Waals surface area contributed by atoms with Crippen molar-refractivity contribution in [3.63, 3.8) is 0 Å². The molecule has 1 aromatic carbocycles. The Hall–Kier alpha value is -2.47. The molecule has 0 unspecified atom stereocenters. The first kappa shape index (κ1) is 20.3. The van der Waals surface area contributed by atoms with E-state index in [0.29, 0.717) is 0 Å². The van der Waals surface area contributed by atoms with E-state index < -0.39 is 0 Å². The maximum Gasteiger partial charge on any atom is 0.193 e. The Morgan fingerprint density at radius 3 is 2.61 bits per heavy atom. The molecule has 0 aliphatic carbocycles. The summed E-state index contributed by atoms with van der Waals surface area (Å²) in [5.74, 6) is 1.92. The number of aromatic nitrogens is 1. The second-order valence-corrected chi connectivity index (χ2v) is 7.21. The van der Waals surface area contributed by atoms with Crippen molar-refractivity contribution in [2.45, 2.75) is 12.8 Å². The molecule has 0 spiro atoms. The van der Waals surface area contributed by atoms with Crippen LogP contribution in [0.15, 0.2) is 53.7 Å². The number of unbranched alkanes of at least 4 members (excludes halogenated alkanes) is 1. The first-order valence-electron chi connectivity index (χ1n) is 9.87. The standard InChI is InChI=1S/C21H29ClN6/c1-23-21(26-12-5-4-11-25-20-9-2-3-10-24-20)28-15-13-27(14-16-28)19-8-6-7-18(22)17-19/h2-3,6-10,17H,4-5,11-16H2,1H3,(H,23,26)(H,24,25). The van der Waals surface area contributed by atoms with Gasteiger partial charge in [-0.25, -0.2) is 4.98 Å².